The highest BCUT2D eigenvalue weighted by atomic mass is 79.9. The van der Waals surface area contributed by atoms with E-state index in [9.17, 15) is 13.2 Å². The second-order valence-electron chi connectivity index (χ2n) is 7.92. The predicted molar refractivity (Wildman–Crippen MR) is 109 cm³/mol. The average molecular weight is 458 g/mol. The Bertz CT molecular complexity index is 795. The Balaban J connectivity index is 1.65. The summed E-state index contributed by atoms with van der Waals surface area (Å²) in [4.78, 5) is 15.2. The summed E-state index contributed by atoms with van der Waals surface area (Å²) in [6, 6.07) is 4.60. The number of amides is 1. The van der Waals surface area contributed by atoms with Crippen LogP contribution in [0.25, 0.3) is 0 Å². The molecular formula is C19H28BrN3O3S. The van der Waals surface area contributed by atoms with E-state index in [0.29, 0.717) is 16.0 Å². The number of halogens is 1. The second kappa shape index (κ2) is 8.59. The van der Waals surface area contributed by atoms with E-state index in [-0.39, 0.29) is 22.9 Å². The van der Waals surface area contributed by atoms with Crippen molar-refractivity contribution < 1.29 is 13.2 Å². The molecule has 2 unspecified atom stereocenters. The van der Waals surface area contributed by atoms with Crippen LogP contribution in [0.1, 0.15) is 49.9 Å². The summed E-state index contributed by atoms with van der Waals surface area (Å²) in [6.07, 6.45) is 4.20. The van der Waals surface area contributed by atoms with Gasteiger partial charge in [0.2, 0.25) is 10.0 Å². The zero-order chi connectivity index (χ0) is 19.6. The molecule has 1 saturated heterocycles. The van der Waals surface area contributed by atoms with Gasteiger partial charge in [-0.3, -0.25) is 4.79 Å². The van der Waals surface area contributed by atoms with Crippen LogP contribution in [0.3, 0.4) is 0 Å². The molecule has 1 aliphatic heterocycles. The minimum Gasteiger partial charge on any atom is -0.348 e. The molecule has 27 heavy (non-hydrogen) atoms. The van der Waals surface area contributed by atoms with Crippen LogP contribution in [-0.2, 0) is 10.0 Å². The Labute approximate surface area is 170 Å². The molecule has 3 rings (SSSR count). The van der Waals surface area contributed by atoms with Gasteiger partial charge in [-0.05, 0) is 79.2 Å². The Kier molecular flexibility index (Phi) is 6.61. The minimum absolute atomic E-state index is 0.0143. The lowest BCUT2D eigenvalue weighted by atomic mass is 10.00. The molecule has 0 aromatic heterocycles. The van der Waals surface area contributed by atoms with E-state index < -0.39 is 10.0 Å². The molecule has 0 bridgehead atoms. The highest BCUT2D eigenvalue weighted by Crippen LogP contribution is 2.25. The van der Waals surface area contributed by atoms with Gasteiger partial charge in [-0.15, -0.1) is 0 Å². The number of carbonyl (C=O) groups excluding carboxylic acids is 1. The first-order chi connectivity index (χ1) is 12.7. The third kappa shape index (κ3) is 5.76. The Morgan fingerprint density at radius 2 is 2.07 bits per heavy atom. The van der Waals surface area contributed by atoms with Gasteiger partial charge in [0.15, 0.2) is 0 Å². The van der Waals surface area contributed by atoms with Crippen molar-refractivity contribution in [3.8, 4) is 0 Å². The number of carbonyl (C=O) groups is 1. The molecule has 1 saturated carbocycles. The average Bonchev–Trinajstić information content (AvgIpc) is 3.38. The fraction of sp³-hybridized carbons (Fsp3) is 0.632. The first-order valence-corrected chi connectivity index (χ1v) is 11.9. The molecule has 0 radical (unpaired) electrons. The maximum absolute atomic E-state index is 12.7. The van der Waals surface area contributed by atoms with E-state index in [0.717, 1.165) is 32.5 Å². The molecule has 1 aromatic carbocycles. The minimum atomic E-state index is -3.59. The van der Waals surface area contributed by atoms with Gasteiger partial charge in [0.05, 0.1) is 10.5 Å². The summed E-state index contributed by atoms with van der Waals surface area (Å²) in [5.41, 5.74) is 0.340. The van der Waals surface area contributed by atoms with Crippen molar-refractivity contribution in [3.63, 3.8) is 0 Å². The summed E-state index contributed by atoms with van der Waals surface area (Å²) in [5, 5.41) is 3.01. The predicted octanol–water partition coefficient (Wildman–Crippen LogP) is 2.74. The quantitative estimate of drug-likeness (QED) is 0.659. The fourth-order valence-corrected chi connectivity index (χ4v) is 5.28. The molecule has 1 aliphatic carbocycles. The van der Waals surface area contributed by atoms with Crippen LogP contribution in [-0.4, -0.2) is 50.9 Å². The lowest BCUT2D eigenvalue weighted by molar-refractivity contribution is 0.0919. The molecule has 150 valence electrons. The number of sulfonamides is 1. The van der Waals surface area contributed by atoms with E-state index in [4.69, 9.17) is 0 Å². The van der Waals surface area contributed by atoms with Crippen molar-refractivity contribution in [1.82, 2.24) is 14.9 Å². The molecule has 6 nitrogen and oxygen atoms in total. The van der Waals surface area contributed by atoms with Gasteiger partial charge in [0.1, 0.15) is 0 Å². The summed E-state index contributed by atoms with van der Waals surface area (Å²) < 4.78 is 28.1. The molecule has 2 fully saturated rings. The van der Waals surface area contributed by atoms with Gasteiger partial charge in [-0.25, -0.2) is 13.1 Å². The molecule has 1 amide bonds. The normalized spacial score (nSPS) is 22.4. The molecule has 2 N–H and O–H groups in total. The summed E-state index contributed by atoms with van der Waals surface area (Å²) in [6.45, 7) is 7.17. The van der Waals surface area contributed by atoms with Gasteiger partial charge in [-0.1, -0.05) is 6.92 Å². The van der Waals surface area contributed by atoms with Crippen LogP contribution >= 0.6 is 15.9 Å². The number of piperidine rings is 1. The first-order valence-electron chi connectivity index (χ1n) is 9.59. The zero-order valence-electron chi connectivity index (χ0n) is 15.9. The Hall–Kier alpha value is -0.960. The third-order valence-corrected chi connectivity index (χ3v) is 7.25. The van der Waals surface area contributed by atoms with Gasteiger partial charge >= 0.3 is 0 Å². The van der Waals surface area contributed by atoms with E-state index >= 15 is 0 Å². The molecule has 0 spiro atoms. The number of likely N-dealkylation sites (tertiary alicyclic amines) is 1. The summed E-state index contributed by atoms with van der Waals surface area (Å²) >= 11 is 3.37. The van der Waals surface area contributed by atoms with Gasteiger partial charge in [0, 0.05) is 29.6 Å². The van der Waals surface area contributed by atoms with E-state index in [2.05, 4.69) is 37.8 Å². The number of nitrogens with zero attached hydrogens (tertiary/aromatic N) is 1. The molecule has 8 heteroatoms. The molecule has 1 aromatic rings. The maximum Gasteiger partial charge on any atom is 0.252 e. The second-order valence-corrected chi connectivity index (χ2v) is 10.5. The van der Waals surface area contributed by atoms with E-state index in [1.807, 2.05) is 6.92 Å². The zero-order valence-corrected chi connectivity index (χ0v) is 18.3. The largest absolute Gasteiger partial charge is 0.348 e. The number of hydrogen-bond donors (Lipinski definition) is 2. The van der Waals surface area contributed by atoms with Crippen LogP contribution in [0.15, 0.2) is 27.6 Å². The first kappa shape index (κ1) is 20.8. The van der Waals surface area contributed by atoms with Crippen LogP contribution in [0.4, 0.5) is 0 Å². The molecule has 2 aliphatic rings. The fourth-order valence-electron chi connectivity index (χ4n) is 3.52. The Morgan fingerprint density at radius 3 is 2.74 bits per heavy atom. The van der Waals surface area contributed by atoms with Crippen LogP contribution in [0, 0.1) is 5.92 Å². The lowest BCUT2D eigenvalue weighted by Gasteiger charge is -2.32. The maximum atomic E-state index is 12.7. The van der Waals surface area contributed by atoms with Crippen molar-refractivity contribution >= 4 is 31.9 Å². The third-order valence-electron chi connectivity index (χ3n) is 5.04. The van der Waals surface area contributed by atoms with Crippen molar-refractivity contribution in [2.75, 3.05) is 19.6 Å². The van der Waals surface area contributed by atoms with Crippen LogP contribution in [0.2, 0.25) is 0 Å². The number of benzene rings is 1. The number of hydrogen-bond acceptors (Lipinski definition) is 4. The smallest absolute Gasteiger partial charge is 0.252 e. The van der Waals surface area contributed by atoms with Gasteiger partial charge in [0.25, 0.3) is 5.91 Å². The highest BCUT2D eigenvalue weighted by molar-refractivity contribution is 9.10. The van der Waals surface area contributed by atoms with E-state index in [1.165, 1.54) is 25.0 Å². The van der Waals surface area contributed by atoms with Crippen molar-refractivity contribution in [2.24, 2.45) is 5.92 Å². The Morgan fingerprint density at radius 1 is 1.33 bits per heavy atom. The molecule has 2 atom stereocenters. The highest BCUT2D eigenvalue weighted by Gasteiger charge is 2.29. The SMILES string of the molecule is CC1CCCN(CC(C)NC(=O)c2cc(S(=O)(=O)NC3CC3)ccc2Br)C1. The van der Waals surface area contributed by atoms with Gasteiger partial charge in [-0.2, -0.15) is 0 Å². The molecule has 1 heterocycles. The number of nitrogens with one attached hydrogen (secondary N) is 2. The molecular weight excluding hydrogens is 430 g/mol. The van der Waals surface area contributed by atoms with Crippen molar-refractivity contribution in [3.05, 3.63) is 28.2 Å². The van der Waals surface area contributed by atoms with Crippen LogP contribution < -0.4 is 10.0 Å². The van der Waals surface area contributed by atoms with E-state index in [1.54, 1.807) is 6.07 Å². The standard InChI is InChI=1S/C19H28BrN3O3S/c1-13-4-3-9-23(11-13)12-14(2)21-19(24)17-10-16(7-8-18(17)20)27(25,26)22-15-5-6-15/h7-8,10,13-15,22H,3-6,9,11-12H2,1-2H3,(H,21,24). The van der Waals surface area contributed by atoms with Crippen molar-refractivity contribution in [2.45, 2.75) is 56.5 Å². The monoisotopic (exact) mass is 457 g/mol. The summed E-state index contributed by atoms with van der Waals surface area (Å²) in [7, 11) is -3.59. The topological polar surface area (TPSA) is 78.5 Å². The van der Waals surface area contributed by atoms with Crippen molar-refractivity contribution in [1.29, 1.82) is 0 Å². The van der Waals surface area contributed by atoms with Crippen LogP contribution in [0.5, 0.6) is 0 Å². The lowest BCUT2D eigenvalue weighted by Crippen LogP contribution is -2.45. The van der Waals surface area contributed by atoms with Gasteiger partial charge < -0.3 is 10.2 Å². The summed E-state index contributed by atoms with van der Waals surface area (Å²) in [5.74, 6) is 0.430. The number of rotatable bonds is 7.